The minimum atomic E-state index is -1.35. The lowest BCUT2D eigenvalue weighted by molar-refractivity contribution is -0.386. The lowest BCUT2D eigenvalue weighted by Gasteiger charge is -2.21. The summed E-state index contributed by atoms with van der Waals surface area (Å²) in [5.41, 5.74) is -0.727. The third-order valence-electron chi connectivity index (χ3n) is 4.92. The maximum atomic E-state index is 13.3. The van der Waals surface area contributed by atoms with E-state index < -0.39 is 33.7 Å². The minimum Gasteiger partial charge on any atom is -0.493 e. The third-order valence-corrected chi connectivity index (χ3v) is 5.41. The maximum Gasteiger partial charge on any atom is 0.344 e. The number of nitrogens with zero attached hydrogens (tertiary/aromatic N) is 4. The van der Waals surface area contributed by atoms with Crippen LogP contribution in [0.25, 0.3) is 10.9 Å². The highest BCUT2D eigenvalue weighted by atomic mass is 79.9. The highest BCUT2D eigenvalue weighted by molar-refractivity contribution is 9.10. The van der Waals surface area contributed by atoms with Gasteiger partial charge < -0.3 is 14.6 Å². The molecule has 0 aliphatic heterocycles. The highest BCUT2D eigenvalue weighted by Gasteiger charge is 2.27. The summed E-state index contributed by atoms with van der Waals surface area (Å²) in [7, 11) is 1.27. The van der Waals surface area contributed by atoms with Gasteiger partial charge in [0, 0.05) is 21.5 Å². The molecular formula is C23H23BrN4O7. The van der Waals surface area contributed by atoms with Crippen LogP contribution in [0.2, 0.25) is 0 Å². The number of nitro groups is 1. The van der Waals surface area contributed by atoms with Crippen LogP contribution >= 0.6 is 15.9 Å². The van der Waals surface area contributed by atoms with Crippen molar-refractivity contribution in [3.05, 3.63) is 66.7 Å². The quantitative estimate of drug-likeness (QED) is 0.264. The fourth-order valence-electron chi connectivity index (χ4n) is 3.18. The summed E-state index contributed by atoms with van der Waals surface area (Å²) in [6, 6.07) is 7.72. The number of ether oxygens (including phenoxy) is 2. The lowest BCUT2D eigenvalue weighted by atomic mass is 9.95. The zero-order chi connectivity index (χ0) is 26.1. The second-order valence-electron chi connectivity index (χ2n) is 8.64. The second kappa shape index (κ2) is 9.82. The number of methoxy groups -OCH3 is 1. The summed E-state index contributed by atoms with van der Waals surface area (Å²) in [5, 5.41) is 25.5. The third kappa shape index (κ3) is 5.48. The zero-order valence-electron chi connectivity index (χ0n) is 19.6. The number of carbonyl (C=O) groups is 1. The van der Waals surface area contributed by atoms with Crippen molar-refractivity contribution >= 4 is 44.7 Å². The number of carboxylic acids is 1. The summed E-state index contributed by atoms with van der Waals surface area (Å²) < 4.78 is 12.3. The Kier molecular flexibility index (Phi) is 7.25. The van der Waals surface area contributed by atoms with Gasteiger partial charge in [0.05, 0.1) is 29.2 Å². The zero-order valence-corrected chi connectivity index (χ0v) is 21.2. The largest absolute Gasteiger partial charge is 0.493 e. The van der Waals surface area contributed by atoms with E-state index in [4.69, 9.17) is 14.6 Å². The van der Waals surface area contributed by atoms with Crippen LogP contribution in [0.1, 0.15) is 39.1 Å². The van der Waals surface area contributed by atoms with Gasteiger partial charge in [-0.05, 0) is 31.2 Å². The molecule has 184 valence electrons. The van der Waals surface area contributed by atoms with Crippen molar-refractivity contribution in [2.24, 2.45) is 5.10 Å². The number of benzene rings is 2. The Bertz CT molecular complexity index is 1410. The van der Waals surface area contributed by atoms with E-state index in [0.717, 1.165) is 10.7 Å². The molecule has 1 atom stereocenters. The van der Waals surface area contributed by atoms with Crippen molar-refractivity contribution in [2.45, 2.75) is 39.2 Å². The molecule has 0 radical (unpaired) electrons. The first-order valence-electron chi connectivity index (χ1n) is 10.4. The van der Waals surface area contributed by atoms with Gasteiger partial charge in [-0.25, -0.2) is 9.78 Å². The summed E-state index contributed by atoms with van der Waals surface area (Å²) in [4.78, 5) is 40.1. The molecule has 0 saturated heterocycles. The monoisotopic (exact) mass is 546 g/mol. The van der Waals surface area contributed by atoms with E-state index in [1.807, 2.05) is 20.8 Å². The molecule has 35 heavy (non-hydrogen) atoms. The predicted octanol–water partition coefficient (Wildman–Crippen LogP) is 4.11. The number of carboxylic acid groups (broad SMARTS) is 1. The molecule has 0 spiro atoms. The molecule has 3 aromatic rings. The molecular weight excluding hydrogens is 524 g/mol. The van der Waals surface area contributed by atoms with Gasteiger partial charge in [0.15, 0.2) is 11.9 Å². The minimum absolute atomic E-state index is 0.0577. The van der Waals surface area contributed by atoms with Crippen molar-refractivity contribution in [3.8, 4) is 11.5 Å². The van der Waals surface area contributed by atoms with Gasteiger partial charge in [-0.3, -0.25) is 14.9 Å². The van der Waals surface area contributed by atoms with Gasteiger partial charge >= 0.3 is 11.7 Å². The van der Waals surface area contributed by atoms with E-state index in [2.05, 4.69) is 26.0 Å². The van der Waals surface area contributed by atoms with E-state index in [1.54, 1.807) is 18.2 Å². The van der Waals surface area contributed by atoms with E-state index in [0.29, 0.717) is 21.2 Å². The normalized spacial score (nSPS) is 12.6. The molecule has 11 nitrogen and oxygen atoms in total. The van der Waals surface area contributed by atoms with Gasteiger partial charge in [-0.15, -0.1) is 0 Å². The van der Waals surface area contributed by atoms with Gasteiger partial charge in [0.25, 0.3) is 5.56 Å². The number of hydrogen-bond acceptors (Lipinski definition) is 8. The Labute approximate surface area is 208 Å². The van der Waals surface area contributed by atoms with Crippen molar-refractivity contribution < 1.29 is 24.3 Å². The Morgan fingerprint density at radius 1 is 1.31 bits per heavy atom. The average Bonchev–Trinajstić information content (AvgIpc) is 2.78. The van der Waals surface area contributed by atoms with Crippen LogP contribution in [0, 0.1) is 10.1 Å². The molecule has 0 aliphatic carbocycles. The summed E-state index contributed by atoms with van der Waals surface area (Å²) in [5.74, 6) is -1.28. The van der Waals surface area contributed by atoms with Crippen LogP contribution in [-0.2, 0) is 10.2 Å². The van der Waals surface area contributed by atoms with E-state index >= 15 is 0 Å². The first-order valence-corrected chi connectivity index (χ1v) is 11.2. The number of nitro benzene ring substituents is 1. The first kappa shape index (κ1) is 25.8. The molecule has 3 rings (SSSR count). The first-order chi connectivity index (χ1) is 16.3. The number of aliphatic carboxylic acids is 1. The molecule has 0 amide bonds. The van der Waals surface area contributed by atoms with Crippen LogP contribution in [-0.4, -0.2) is 45.1 Å². The van der Waals surface area contributed by atoms with Crippen molar-refractivity contribution in [1.82, 2.24) is 9.66 Å². The molecule has 2 aromatic carbocycles. The maximum absolute atomic E-state index is 13.3. The van der Waals surface area contributed by atoms with Crippen molar-refractivity contribution in [1.29, 1.82) is 0 Å². The van der Waals surface area contributed by atoms with Gasteiger partial charge in [0.1, 0.15) is 5.82 Å². The topological polar surface area (TPSA) is 146 Å². The standard InChI is InChI=1S/C23H23BrN4O7/c1-12(21(30)31)35-19-17(28(32)33)8-13(9-18(19)34-5)11-25-27-20(29)15-10-14(24)6-7-16(15)26-22(27)23(2,3)4/h6-12H,1-5H3,(H,30,31)/t12-/m1/s1. The lowest BCUT2D eigenvalue weighted by Crippen LogP contribution is -2.29. The number of rotatable bonds is 7. The van der Waals surface area contributed by atoms with E-state index in [9.17, 15) is 19.7 Å². The molecule has 0 bridgehead atoms. The van der Waals surface area contributed by atoms with E-state index in [-0.39, 0.29) is 17.1 Å². The smallest absolute Gasteiger partial charge is 0.344 e. The van der Waals surface area contributed by atoms with Crippen LogP contribution in [0.5, 0.6) is 11.5 Å². The molecule has 0 saturated carbocycles. The van der Waals surface area contributed by atoms with Crippen molar-refractivity contribution in [3.63, 3.8) is 0 Å². The molecule has 12 heteroatoms. The predicted molar refractivity (Wildman–Crippen MR) is 133 cm³/mol. The van der Waals surface area contributed by atoms with Crippen LogP contribution in [0.3, 0.4) is 0 Å². The van der Waals surface area contributed by atoms with Crippen LogP contribution in [0.15, 0.2) is 44.7 Å². The number of fused-ring (bicyclic) bond motifs is 1. The molecule has 1 heterocycles. The summed E-state index contributed by atoms with van der Waals surface area (Å²) in [6.07, 6.45) is -0.0831. The molecule has 0 fully saturated rings. The Morgan fingerprint density at radius 3 is 2.57 bits per heavy atom. The van der Waals surface area contributed by atoms with Crippen LogP contribution < -0.4 is 15.0 Å². The van der Waals surface area contributed by atoms with Gasteiger partial charge in [0.2, 0.25) is 5.75 Å². The van der Waals surface area contributed by atoms with Crippen LogP contribution in [0.4, 0.5) is 5.69 Å². The molecule has 1 N–H and O–H groups in total. The number of halogens is 1. The SMILES string of the molecule is COc1cc(C=Nn2c(C(C)(C)C)nc3ccc(Br)cc3c2=O)cc([N+](=O)[O-])c1O[C@H](C)C(=O)O. The second-order valence-corrected chi connectivity index (χ2v) is 9.55. The Balaban J connectivity index is 2.19. The average molecular weight is 547 g/mol. The fourth-order valence-corrected chi connectivity index (χ4v) is 3.54. The fraction of sp³-hybridized carbons (Fsp3) is 0.304. The highest BCUT2D eigenvalue weighted by Crippen LogP contribution is 2.38. The van der Waals surface area contributed by atoms with E-state index in [1.165, 1.54) is 26.3 Å². The number of hydrogen-bond donors (Lipinski definition) is 1. The summed E-state index contributed by atoms with van der Waals surface area (Å²) >= 11 is 3.35. The number of aromatic nitrogens is 2. The van der Waals surface area contributed by atoms with Gasteiger partial charge in [-0.1, -0.05) is 36.7 Å². The van der Waals surface area contributed by atoms with Crippen molar-refractivity contribution in [2.75, 3.05) is 7.11 Å². The molecule has 0 aliphatic rings. The molecule has 1 aromatic heterocycles. The summed E-state index contributed by atoms with van der Waals surface area (Å²) in [6.45, 7) is 6.89. The van der Waals surface area contributed by atoms with Gasteiger partial charge in [-0.2, -0.15) is 9.78 Å². The Morgan fingerprint density at radius 2 is 2.00 bits per heavy atom. The Hall–Kier alpha value is -3.80. The molecule has 0 unspecified atom stereocenters.